The average Bonchev–Trinajstić information content (AvgIpc) is 2.37. The van der Waals surface area contributed by atoms with Gasteiger partial charge in [-0.1, -0.05) is 18.2 Å². The number of carbonyl (C=O) groups excluding carboxylic acids is 2. The molecule has 0 aliphatic heterocycles. The number of aryl methyl sites for hydroxylation is 1. The Labute approximate surface area is 131 Å². The first-order chi connectivity index (χ1) is 10.2. The number of nitrogens with two attached hydrogens (primary N) is 1. The summed E-state index contributed by atoms with van der Waals surface area (Å²) in [5.74, 6) is -0.464. The number of primary amides is 1. The quantitative estimate of drug-likeness (QED) is 0.751. The highest BCUT2D eigenvalue weighted by atomic mass is 16.6. The van der Waals surface area contributed by atoms with E-state index in [1.54, 1.807) is 20.8 Å². The van der Waals surface area contributed by atoms with Crippen LogP contribution < -0.4 is 16.4 Å². The third-order valence-corrected chi connectivity index (χ3v) is 2.92. The fraction of sp³-hybridized carbons (Fsp3) is 0.500. The van der Waals surface area contributed by atoms with Crippen molar-refractivity contribution in [1.82, 2.24) is 5.32 Å². The molecule has 0 radical (unpaired) electrons. The fourth-order valence-corrected chi connectivity index (χ4v) is 1.84. The van der Waals surface area contributed by atoms with Gasteiger partial charge in [0.2, 0.25) is 5.91 Å². The lowest BCUT2D eigenvalue weighted by atomic mass is 10.1. The Hall–Kier alpha value is -2.24. The third kappa shape index (κ3) is 6.47. The maximum absolute atomic E-state index is 11.6. The van der Waals surface area contributed by atoms with Crippen LogP contribution in [0.3, 0.4) is 0 Å². The standard InChI is InChI=1S/C16H25N3O3/c1-11-7-5-6-8-12(11)19-13(14(17)20)9-10-18-15(21)22-16(2,3)4/h5-8,13,19H,9-10H2,1-4H3,(H2,17,20)(H,18,21). The smallest absolute Gasteiger partial charge is 0.407 e. The van der Waals surface area contributed by atoms with Crippen LogP contribution in [0, 0.1) is 6.92 Å². The molecule has 4 N–H and O–H groups in total. The predicted octanol–water partition coefficient (Wildman–Crippen LogP) is 2.18. The van der Waals surface area contributed by atoms with Crippen molar-refractivity contribution in [3.05, 3.63) is 29.8 Å². The molecule has 0 aromatic heterocycles. The Morgan fingerprint density at radius 3 is 2.45 bits per heavy atom. The van der Waals surface area contributed by atoms with Crippen molar-refractivity contribution >= 4 is 17.7 Å². The largest absolute Gasteiger partial charge is 0.444 e. The van der Waals surface area contributed by atoms with Crippen LogP contribution >= 0.6 is 0 Å². The molecule has 0 saturated carbocycles. The van der Waals surface area contributed by atoms with Crippen molar-refractivity contribution in [3.63, 3.8) is 0 Å². The van der Waals surface area contributed by atoms with Crippen LogP contribution in [0.25, 0.3) is 0 Å². The Kier molecular flexibility index (Phi) is 6.22. The first-order valence-corrected chi connectivity index (χ1v) is 7.27. The second-order valence-electron chi connectivity index (χ2n) is 6.13. The number of ether oxygens (including phenoxy) is 1. The number of rotatable bonds is 6. The van der Waals surface area contributed by atoms with Gasteiger partial charge in [-0.15, -0.1) is 0 Å². The van der Waals surface area contributed by atoms with Crippen LogP contribution in [0.15, 0.2) is 24.3 Å². The lowest BCUT2D eigenvalue weighted by Gasteiger charge is -2.21. The topological polar surface area (TPSA) is 93.4 Å². The van der Waals surface area contributed by atoms with Crippen LogP contribution in [0.4, 0.5) is 10.5 Å². The normalized spacial score (nSPS) is 12.4. The molecular weight excluding hydrogens is 282 g/mol. The predicted molar refractivity (Wildman–Crippen MR) is 86.6 cm³/mol. The van der Waals surface area contributed by atoms with Crippen LogP contribution in [0.2, 0.25) is 0 Å². The second-order valence-corrected chi connectivity index (χ2v) is 6.13. The van der Waals surface area contributed by atoms with Gasteiger partial charge in [0.25, 0.3) is 0 Å². The van der Waals surface area contributed by atoms with Gasteiger partial charge < -0.3 is 21.1 Å². The van der Waals surface area contributed by atoms with E-state index in [-0.39, 0.29) is 0 Å². The molecule has 0 aliphatic carbocycles. The number of amides is 2. The number of hydrogen-bond acceptors (Lipinski definition) is 4. The molecule has 0 bridgehead atoms. The Bertz CT molecular complexity index is 524. The number of para-hydroxylation sites is 1. The lowest BCUT2D eigenvalue weighted by Crippen LogP contribution is -2.40. The molecule has 1 atom stereocenters. The van der Waals surface area contributed by atoms with E-state index in [0.717, 1.165) is 11.3 Å². The summed E-state index contributed by atoms with van der Waals surface area (Å²) in [5, 5.41) is 5.72. The molecule has 0 spiro atoms. The van der Waals surface area contributed by atoms with Gasteiger partial charge in [-0.25, -0.2) is 4.79 Å². The van der Waals surface area contributed by atoms with Gasteiger partial charge in [0.1, 0.15) is 11.6 Å². The Morgan fingerprint density at radius 1 is 1.27 bits per heavy atom. The minimum atomic E-state index is -0.559. The minimum Gasteiger partial charge on any atom is -0.444 e. The minimum absolute atomic E-state index is 0.293. The van der Waals surface area contributed by atoms with Crippen molar-refractivity contribution in [2.24, 2.45) is 5.73 Å². The zero-order valence-electron chi connectivity index (χ0n) is 13.6. The maximum atomic E-state index is 11.6. The summed E-state index contributed by atoms with van der Waals surface area (Å²) in [6.07, 6.45) is -0.130. The van der Waals surface area contributed by atoms with Crippen molar-refractivity contribution in [2.45, 2.75) is 45.8 Å². The molecule has 0 heterocycles. The number of anilines is 1. The fourth-order valence-electron chi connectivity index (χ4n) is 1.84. The second kappa shape index (κ2) is 7.68. The Morgan fingerprint density at radius 2 is 1.91 bits per heavy atom. The van der Waals surface area contributed by atoms with Crippen molar-refractivity contribution in [1.29, 1.82) is 0 Å². The number of nitrogens with one attached hydrogen (secondary N) is 2. The highest BCUT2D eigenvalue weighted by Crippen LogP contribution is 2.15. The van der Waals surface area contributed by atoms with Gasteiger partial charge in [0.05, 0.1) is 0 Å². The third-order valence-electron chi connectivity index (χ3n) is 2.92. The van der Waals surface area contributed by atoms with E-state index < -0.39 is 23.6 Å². The summed E-state index contributed by atoms with van der Waals surface area (Å²) in [6, 6.07) is 7.07. The summed E-state index contributed by atoms with van der Waals surface area (Å²) in [7, 11) is 0. The van der Waals surface area contributed by atoms with Gasteiger partial charge in [-0.3, -0.25) is 4.79 Å². The van der Waals surface area contributed by atoms with Gasteiger partial charge in [-0.05, 0) is 45.7 Å². The molecule has 0 saturated heterocycles. The average molecular weight is 307 g/mol. The lowest BCUT2D eigenvalue weighted by molar-refractivity contribution is -0.118. The summed E-state index contributed by atoms with van der Waals surface area (Å²) < 4.78 is 5.13. The molecule has 1 unspecified atom stereocenters. The van der Waals surface area contributed by atoms with Crippen LogP contribution in [-0.2, 0) is 9.53 Å². The van der Waals surface area contributed by atoms with E-state index in [0.29, 0.717) is 13.0 Å². The molecule has 22 heavy (non-hydrogen) atoms. The molecule has 1 rings (SSSR count). The summed E-state index contributed by atoms with van der Waals surface area (Å²) in [6.45, 7) is 7.61. The molecule has 6 heteroatoms. The SMILES string of the molecule is Cc1ccccc1NC(CCNC(=O)OC(C)(C)C)C(N)=O. The molecular formula is C16H25N3O3. The highest BCUT2D eigenvalue weighted by Gasteiger charge is 2.18. The molecule has 1 aromatic rings. The highest BCUT2D eigenvalue weighted by molar-refractivity contribution is 5.83. The Balaban J connectivity index is 2.51. The van der Waals surface area contributed by atoms with E-state index in [1.807, 2.05) is 31.2 Å². The van der Waals surface area contributed by atoms with Crippen LogP contribution in [0.5, 0.6) is 0 Å². The van der Waals surface area contributed by atoms with Crippen LogP contribution in [-0.4, -0.2) is 30.2 Å². The van der Waals surface area contributed by atoms with E-state index in [1.165, 1.54) is 0 Å². The number of hydrogen-bond donors (Lipinski definition) is 3. The number of benzene rings is 1. The maximum Gasteiger partial charge on any atom is 0.407 e. The van der Waals surface area contributed by atoms with Gasteiger partial charge in [-0.2, -0.15) is 0 Å². The monoisotopic (exact) mass is 307 g/mol. The van der Waals surface area contributed by atoms with E-state index in [9.17, 15) is 9.59 Å². The van der Waals surface area contributed by atoms with E-state index in [4.69, 9.17) is 10.5 Å². The molecule has 0 fully saturated rings. The van der Waals surface area contributed by atoms with Gasteiger partial charge >= 0.3 is 6.09 Å². The zero-order chi connectivity index (χ0) is 16.8. The van der Waals surface area contributed by atoms with Gasteiger partial charge in [0, 0.05) is 12.2 Å². The van der Waals surface area contributed by atoms with Crippen molar-refractivity contribution in [3.8, 4) is 0 Å². The van der Waals surface area contributed by atoms with Crippen molar-refractivity contribution < 1.29 is 14.3 Å². The number of carbonyl (C=O) groups is 2. The molecule has 2 amide bonds. The molecule has 1 aromatic carbocycles. The summed E-state index contributed by atoms with van der Waals surface area (Å²) in [5.41, 5.74) is 6.73. The first kappa shape index (κ1) is 17.8. The van der Waals surface area contributed by atoms with E-state index >= 15 is 0 Å². The number of alkyl carbamates (subject to hydrolysis) is 1. The summed E-state index contributed by atoms with van der Waals surface area (Å²) >= 11 is 0. The van der Waals surface area contributed by atoms with Crippen LogP contribution in [0.1, 0.15) is 32.8 Å². The van der Waals surface area contributed by atoms with Crippen molar-refractivity contribution in [2.75, 3.05) is 11.9 Å². The molecule has 122 valence electrons. The first-order valence-electron chi connectivity index (χ1n) is 7.27. The molecule has 0 aliphatic rings. The zero-order valence-corrected chi connectivity index (χ0v) is 13.6. The summed E-state index contributed by atoms with van der Waals surface area (Å²) in [4.78, 5) is 23.1. The van der Waals surface area contributed by atoms with Gasteiger partial charge in [0.15, 0.2) is 0 Å². The molecule has 6 nitrogen and oxygen atoms in total. The van der Waals surface area contributed by atoms with E-state index in [2.05, 4.69) is 10.6 Å².